The Balaban J connectivity index is 1.37. The van der Waals surface area contributed by atoms with Crippen molar-refractivity contribution in [3.63, 3.8) is 0 Å². The normalized spacial score (nSPS) is 16.1. The van der Waals surface area contributed by atoms with E-state index in [1.807, 2.05) is 42.5 Å². The standard InChI is InChI=1S/C28H28N6/c29-22-28(24-12-6-2-7-13-24,25-14-8-3-9-15-25)18-21-34-19-16-27(17-20-34,26-30-32-33-31-26)23-10-4-1-5-11-23/h1-15H,16-21H2,(H,30,31,32,33). The summed E-state index contributed by atoms with van der Waals surface area (Å²) in [7, 11) is 0. The number of aromatic nitrogens is 4. The van der Waals surface area contributed by atoms with Crippen LogP contribution in [0.1, 0.15) is 41.8 Å². The lowest BCUT2D eigenvalue weighted by Gasteiger charge is -2.41. The molecule has 0 bridgehead atoms. The third-order valence-electron chi connectivity index (χ3n) is 7.34. The van der Waals surface area contributed by atoms with E-state index in [1.54, 1.807) is 0 Å². The SMILES string of the molecule is N#CC(CCN1CCC(c2ccccc2)(c2nn[nH]n2)CC1)(c1ccccc1)c1ccccc1. The van der Waals surface area contributed by atoms with Crippen LogP contribution in [-0.2, 0) is 10.8 Å². The van der Waals surface area contributed by atoms with E-state index in [9.17, 15) is 5.26 Å². The largest absolute Gasteiger partial charge is 0.303 e. The first-order chi connectivity index (χ1) is 16.8. The van der Waals surface area contributed by atoms with Crippen molar-refractivity contribution in [2.75, 3.05) is 19.6 Å². The molecule has 0 spiro atoms. The summed E-state index contributed by atoms with van der Waals surface area (Å²) in [4.78, 5) is 2.47. The predicted molar refractivity (Wildman–Crippen MR) is 131 cm³/mol. The van der Waals surface area contributed by atoms with E-state index < -0.39 is 5.41 Å². The van der Waals surface area contributed by atoms with Gasteiger partial charge in [-0.3, -0.25) is 0 Å². The number of tetrazole rings is 1. The zero-order chi connectivity index (χ0) is 23.3. The van der Waals surface area contributed by atoms with Gasteiger partial charge in [-0.1, -0.05) is 96.2 Å². The monoisotopic (exact) mass is 448 g/mol. The maximum atomic E-state index is 10.5. The number of nitriles is 1. The van der Waals surface area contributed by atoms with Crippen LogP contribution in [0.15, 0.2) is 91.0 Å². The molecule has 4 aromatic rings. The van der Waals surface area contributed by atoms with Gasteiger partial charge in [0.1, 0.15) is 5.41 Å². The number of nitrogens with one attached hydrogen (secondary N) is 1. The van der Waals surface area contributed by atoms with Gasteiger partial charge in [0.15, 0.2) is 5.82 Å². The second-order valence-electron chi connectivity index (χ2n) is 9.02. The fourth-order valence-corrected chi connectivity index (χ4v) is 5.33. The first-order valence-corrected chi connectivity index (χ1v) is 11.8. The molecule has 0 radical (unpaired) electrons. The maximum absolute atomic E-state index is 10.5. The van der Waals surface area contributed by atoms with Gasteiger partial charge < -0.3 is 4.90 Å². The number of nitrogens with zero attached hydrogens (tertiary/aromatic N) is 5. The van der Waals surface area contributed by atoms with Crippen LogP contribution in [0.5, 0.6) is 0 Å². The van der Waals surface area contributed by atoms with Crippen LogP contribution in [0.2, 0.25) is 0 Å². The van der Waals surface area contributed by atoms with Gasteiger partial charge in [-0.25, -0.2) is 0 Å². The number of piperidine rings is 1. The van der Waals surface area contributed by atoms with Crippen molar-refractivity contribution < 1.29 is 0 Å². The predicted octanol–water partition coefficient (Wildman–Crippen LogP) is 4.48. The summed E-state index contributed by atoms with van der Waals surface area (Å²) < 4.78 is 0. The summed E-state index contributed by atoms with van der Waals surface area (Å²) >= 11 is 0. The molecular formula is C28H28N6. The van der Waals surface area contributed by atoms with Crippen molar-refractivity contribution in [2.24, 2.45) is 0 Å². The van der Waals surface area contributed by atoms with Crippen LogP contribution in [0.25, 0.3) is 0 Å². The lowest BCUT2D eigenvalue weighted by Crippen LogP contribution is -2.45. The lowest BCUT2D eigenvalue weighted by atomic mass is 9.71. The summed E-state index contributed by atoms with van der Waals surface area (Å²) in [6, 6.07) is 33.6. The van der Waals surface area contributed by atoms with Gasteiger partial charge in [0.2, 0.25) is 0 Å². The second-order valence-corrected chi connectivity index (χ2v) is 9.02. The Labute approximate surface area is 200 Å². The second kappa shape index (κ2) is 9.58. The number of hydrogen-bond acceptors (Lipinski definition) is 5. The first-order valence-electron chi connectivity index (χ1n) is 11.8. The van der Waals surface area contributed by atoms with Gasteiger partial charge in [0.05, 0.1) is 11.5 Å². The Bertz CT molecular complexity index is 1170. The molecule has 170 valence electrons. The van der Waals surface area contributed by atoms with Crippen molar-refractivity contribution in [1.29, 1.82) is 5.26 Å². The Morgan fingerprint density at radius 1 is 0.853 bits per heavy atom. The van der Waals surface area contributed by atoms with E-state index in [4.69, 9.17) is 0 Å². The van der Waals surface area contributed by atoms with Gasteiger partial charge in [0.25, 0.3) is 0 Å². The lowest BCUT2D eigenvalue weighted by molar-refractivity contribution is 0.168. The molecule has 1 aromatic heterocycles. The quantitative estimate of drug-likeness (QED) is 0.451. The molecular weight excluding hydrogens is 420 g/mol. The molecule has 34 heavy (non-hydrogen) atoms. The molecule has 1 fully saturated rings. The number of benzene rings is 3. The number of H-pyrrole nitrogens is 1. The molecule has 0 atom stereocenters. The molecule has 0 saturated carbocycles. The molecule has 5 rings (SSSR count). The van der Waals surface area contributed by atoms with Gasteiger partial charge in [0, 0.05) is 6.54 Å². The van der Waals surface area contributed by atoms with Gasteiger partial charge in [-0.05, 0) is 49.0 Å². The van der Waals surface area contributed by atoms with Crippen LogP contribution in [0.3, 0.4) is 0 Å². The topological polar surface area (TPSA) is 81.5 Å². The molecule has 1 saturated heterocycles. The average molecular weight is 449 g/mol. The van der Waals surface area contributed by atoms with E-state index >= 15 is 0 Å². The summed E-state index contributed by atoms with van der Waals surface area (Å²) in [5, 5.41) is 25.7. The highest BCUT2D eigenvalue weighted by Crippen LogP contribution is 2.41. The first kappa shape index (κ1) is 22.0. The summed E-state index contributed by atoms with van der Waals surface area (Å²) in [5.74, 6) is 0.762. The Morgan fingerprint density at radius 3 is 1.91 bits per heavy atom. The van der Waals surface area contributed by atoms with E-state index in [2.05, 4.69) is 80.1 Å². The van der Waals surface area contributed by atoms with Crippen LogP contribution in [0, 0.1) is 11.3 Å². The van der Waals surface area contributed by atoms with E-state index in [0.717, 1.165) is 55.8 Å². The highest BCUT2D eigenvalue weighted by molar-refractivity contribution is 5.45. The molecule has 6 heteroatoms. The van der Waals surface area contributed by atoms with Gasteiger partial charge in [-0.2, -0.15) is 10.5 Å². The molecule has 1 aliphatic heterocycles. The van der Waals surface area contributed by atoms with Gasteiger partial charge in [-0.15, -0.1) is 10.2 Å². The van der Waals surface area contributed by atoms with E-state index in [1.165, 1.54) is 5.56 Å². The minimum absolute atomic E-state index is 0.240. The van der Waals surface area contributed by atoms with Crippen LogP contribution < -0.4 is 0 Å². The summed E-state index contributed by atoms with van der Waals surface area (Å²) in [6.07, 6.45) is 2.55. The number of rotatable bonds is 7. The highest BCUT2D eigenvalue weighted by atomic mass is 15.5. The Hall–Kier alpha value is -3.82. The number of likely N-dealkylation sites (tertiary alicyclic amines) is 1. The zero-order valence-corrected chi connectivity index (χ0v) is 19.1. The molecule has 0 unspecified atom stereocenters. The molecule has 0 aliphatic carbocycles. The Kier molecular flexibility index (Phi) is 6.20. The maximum Gasteiger partial charge on any atom is 0.185 e. The van der Waals surface area contributed by atoms with Crippen molar-refractivity contribution >= 4 is 0 Å². The number of hydrogen-bond donors (Lipinski definition) is 1. The minimum atomic E-state index is -0.676. The molecule has 3 aromatic carbocycles. The average Bonchev–Trinajstić information content (AvgIpc) is 3.47. The Morgan fingerprint density at radius 2 is 1.41 bits per heavy atom. The summed E-state index contributed by atoms with van der Waals surface area (Å²) in [6.45, 7) is 2.66. The molecule has 6 nitrogen and oxygen atoms in total. The van der Waals surface area contributed by atoms with Crippen LogP contribution in [0.4, 0.5) is 0 Å². The van der Waals surface area contributed by atoms with Crippen LogP contribution in [-0.4, -0.2) is 45.2 Å². The third kappa shape index (κ3) is 4.00. The zero-order valence-electron chi connectivity index (χ0n) is 19.1. The van der Waals surface area contributed by atoms with Crippen molar-refractivity contribution in [2.45, 2.75) is 30.1 Å². The van der Waals surface area contributed by atoms with Crippen molar-refractivity contribution in [3.8, 4) is 6.07 Å². The minimum Gasteiger partial charge on any atom is -0.303 e. The fraction of sp³-hybridized carbons (Fsp3) is 0.286. The molecule has 2 heterocycles. The van der Waals surface area contributed by atoms with E-state index in [-0.39, 0.29) is 5.41 Å². The smallest absolute Gasteiger partial charge is 0.185 e. The third-order valence-corrected chi connectivity index (χ3v) is 7.34. The molecule has 1 aliphatic rings. The fourth-order valence-electron chi connectivity index (χ4n) is 5.33. The van der Waals surface area contributed by atoms with Crippen molar-refractivity contribution in [3.05, 3.63) is 114 Å². The molecule has 1 N–H and O–H groups in total. The van der Waals surface area contributed by atoms with E-state index in [0.29, 0.717) is 0 Å². The van der Waals surface area contributed by atoms with Gasteiger partial charge >= 0.3 is 0 Å². The molecule has 0 amide bonds. The summed E-state index contributed by atoms with van der Waals surface area (Å²) in [5.41, 5.74) is 2.41. The highest BCUT2D eigenvalue weighted by Gasteiger charge is 2.42. The number of aromatic amines is 1. The van der Waals surface area contributed by atoms with Crippen molar-refractivity contribution in [1.82, 2.24) is 25.5 Å². The van der Waals surface area contributed by atoms with Crippen LogP contribution >= 0.6 is 0 Å².